The van der Waals surface area contributed by atoms with Crippen molar-refractivity contribution in [2.45, 2.75) is 20.4 Å². The van der Waals surface area contributed by atoms with E-state index in [2.05, 4.69) is 15.9 Å². The van der Waals surface area contributed by atoms with Gasteiger partial charge in [0.15, 0.2) is 0 Å². The summed E-state index contributed by atoms with van der Waals surface area (Å²) in [5.74, 6) is -0.325. The number of ether oxygens (including phenoxy) is 1. The third-order valence-electron chi connectivity index (χ3n) is 2.74. The van der Waals surface area contributed by atoms with Crippen LogP contribution in [0, 0.1) is 10.1 Å². The number of benzene rings is 1. The highest BCUT2D eigenvalue weighted by molar-refractivity contribution is 9.10. The molecule has 0 atom stereocenters. The third-order valence-corrected chi connectivity index (χ3v) is 3.24. The number of esters is 1. The van der Waals surface area contributed by atoms with Crippen LogP contribution in [0.25, 0.3) is 0 Å². The summed E-state index contributed by atoms with van der Waals surface area (Å²) < 4.78 is 5.54. The third kappa shape index (κ3) is 4.90. The van der Waals surface area contributed by atoms with Gasteiger partial charge in [0.25, 0.3) is 5.69 Å². The molecule has 7 heteroatoms. The number of hydrogen-bond acceptors (Lipinski definition) is 5. The second-order valence-corrected chi connectivity index (χ2v) is 5.05. The molecule has 0 spiro atoms. The molecule has 0 aliphatic carbocycles. The molecule has 1 rings (SSSR count). The Hall–Kier alpha value is -1.47. The maximum atomic E-state index is 11.5. The van der Waals surface area contributed by atoms with Crippen molar-refractivity contribution in [3.05, 3.63) is 38.3 Å². The SMILES string of the molecule is CCOC(=O)CN(CC)Cc1ccc(Br)cc1[N+](=O)[O-]. The van der Waals surface area contributed by atoms with Gasteiger partial charge >= 0.3 is 5.97 Å². The highest BCUT2D eigenvalue weighted by Gasteiger charge is 2.18. The quantitative estimate of drug-likeness (QED) is 0.432. The first-order valence-corrected chi connectivity index (χ1v) is 7.08. The van der Waals surface area contributed by atoms with E-state index in [4.69, 9.17) is 4.74 Å². The molecule has 0 radical (unpaired) electrons. The number of rotatable bonds is 7. The van der Waals surface area contributed by atoms with Gasteiger partial charge in [0.2, 0.25) is 0 Å². The Morgan fingerprint density at radius 3 is 2.70 bits per heavy atom. The summed E-state index contributed by atoms with van der Waals surface area (Å²) in [7, 11) is 0. The minimum absolute atomic E-state index is 0.0432. The molecule has 0 bridgehead atoms. The molecular weight excluding hydrogens is 328 g/mol. The number of nitro benzene ring substituents is 1. The molecule has 0 N–H and O–H groups in total. The van der Waals surface area contributed by atoms with Gasteiger partial charge in [0.05, 0.1) is 18.1 Å². The molecule has 0 aliphatic rings. The topological polar surface area (TPSA) is 72.7 Å². The Morgan fingerprint density at radius 2 is 2.15 bits per heavy atom. The molecule has 110 valence electrons. The molecule has 1 aromatic rings. The minimum atomic E-state index is -0.418. The van der Waals surface area contributed by atoms with Crippen LogP contribution in [0.2, 0.25) is 0 Å². The zero-order valence-corrected chi connectivity index (χ0v) is 13.1. The lowest BCUT2D eigenvalue weighted by atomic mass is 10.1. The van der Waals surface area contributed by atoms with Crippen LogP contribution in [0.15, 0.2) is 22.7 Å². The molecule has 0 unspecified atom stereocenters. The normalized spacial score (nSPS) is 10.6. The number of halogens is 1. The molecule has 0 heterocycles. The van der Waals surface area contributed by atoms with Gasteiger partial charge in [0.1, 0.15) is 0 Å². The van der Waals surface area contributed by atoms with Crippen LogP contribution in [0.3, 0.4) is 0 Å². The number of carbonyl (C=O) groups is 1. The Labute approximate surface area is 126 Å². The van der Waals surface area contributed by atoms with Gasteiger partial charge in [-0.1, -0.05) is 22.9 Å². The predicted molar refractivity (Wildman–Crippen MR) is 78.4 cm³/mol. The van der Waals surface area contributed by atoms with Gasteiger partial charge in [-0.15, -0.1) is 0 Å². The monoisotopic (exact) mass is 344 g/mol. The second-order valence-electron chi connectivity index (χ2n) is 4.14. The molecule has 0 saturated heterocycles. The van der Waals surface area contributed by atoms with Crippen molar-refractivity contribution in [2.75, 3.05) is 19.7 Å². The number of hydrogen-bond donors (Lipinski definition) is 0. The van der Waals surface area contributed by atoms with Crippen LogP contribution in [-0.4, -0.2) is 35.5 Å². The number of likely N-dealkylation sites (N-methyl/N-ethyl adjacent to an activating group) is 1. The lowest BCUT2D eigenvalue weighted by Crippen LogP contribution is -2.30. The van der Waals surface area contributed by atoms with E-state index in [9.17, 15) is 14.9 Å². The Morgan fingerprint density at radius 1 is 1.45 bits per heavy atom. The summed E-state index contributed by atoms with van der Waals surface area (Å²) in [5, 5.41) is 11.0. The number of nitro groups is 1. The molecule has 0 aromatic heterocycles. The zero-order chi connectivity index (χ0) is 15.1. The maximum Gasteiger partial charge on any atom is 0.320 e. The standard InChI is InChI=1S/C13H17BrN2O4/c1-3-15(9-13(17)20-4-2)8-10-5-6-11(14)7-12(10)16(18)19/h5-7H,3-4,8-9H2,1-2H3. The fraction of sp³-hybridized carbons (Fsp3) is 0.462. The van der Waals surface area contributed by atoms with E-state index in [0.717, 1.165) is 0 Å². The summed E-state index contributed by atoms with van der Waals surface area (Å²) in [6, 6.07) is 4.91. The van der Waals surface area contributed by atoms with Crippen molar-refractivity contribution in [3.63, 3.8) is 0 Å². The van der Waals surface area contributed by atoms with E-state index in [1.54, 1.807) is 24.0 Å². The fourth-order valence-corrected chi connectivity index (χ4v) is 2.10. The van der Waals surface area contributed by atoms with Crippen molar-refractivity contribution in [1.82, 2.24) is 4.90 Å². The van der Waals surface area contributed by atoms with Gasteiger partial charge < -0.3 is 4.74 Å². The van der Waals surface area contributed by atoms with Gasteiger partial charge in [-0.2, -0.15) is 0 Å². The van der Waals surface area contributed by atoms with Gasteiger partial charge in [-0.05, 0) is 25.6 Å². The van der Waals surface area contributed by atoms with E-state index < -0.39 is 4.92 Å². The molecule has 6 nitrogen and oxygen atoms in total. The largest absolute Gasteiger partial charge is 0.465 e. The van der Waals surface area contributed by atoms with Crippen LogP contribution in [0.4, 0.5) is 5.69 Å². The molecule has 0 aliphatic heterocycles. The van der Waals surface area contributed by atoms with E-state index in [-0.39, 0.29) is 18.2 Å². The molecular formula is C13H17BrN2O4. The smallest absolute Gasteiger partial charge is 0.320 e. The first-order valence-electron chi connectivity index (χ1n) is 6.28. The van der Waals surface area contributed by atoms with E-state index in [1.165, 1.54) is 6.07 Å². The second kappa shape index (κ2) is 7.96. The Bertz CT molecular complexity index is 493. The summed E-state index contributed by atoms with van der Waals surface area (Å²) >= 11 is 3.22. The Balaban J connectivity index is 2.84. The van der Waals surface area contributed by atoms with Gasteiger partial charge in [0, 0.05) is 22.6 Å². The summed E-state index contributed by atoms with van der Waals surface area (Å²) in [6.07, 6.45) is 0. The average Bonchev–Trinajstić information content (AvgIpc) is 2.39. The first kappa shape index (κ1) is 16.6. The molecule has 0 fully saturated rings. The summed E-state index contributed by atoms with van der Waals surface area (Å²) in [4.78, 5) is 23.9. The van der Waals surface area contributed by atoms with Crippen LogP contribution in [-0.2, 0) is 16.1 Å². The Kier molecular flexibility index (Phi) is 6.60. The van der Waals surface area contributed by atoms with Crippen molar-refractivity contribution >= 4 is 27.6 Å². The van der Waals surface area contributed by atoms with Crippen molar-refractivity contribution in [3.8, 4) is 0 Å². The predicted octanol–water partition coefficient (Wildman–Crippen LogP) is 2.74. The van der Waals surface area contributed by atoms with E-state index in [1.807, 2.05) is 6.92 Å². The summed E-state index contributed by atoms with van der Waals surface area (Å²) in [6.45, 7) is 5.02. The number of carbonyl (C=O) groups excluding carboxylic acids is 1. The van der Waals surface area contributed by atoms with Crippen LogP contribution >= 0.6 is 15.9 Å². The van der Waals surface area contributed by atoms with Crippen molar-refractivity contribution in [1.29, 1.82) is 0 Å². The molecule has 1 aromatic carbocycles. The summed E-state index contributed by atoms with van der Waals surface area (Å²) in [5.41, 5.74) is 0.617. The van der Waals surface area contributed by atoms with E-state index in [0.29, 0.717) is 29.7 Å². The average molecular weight is 345 g/mol. The van der Waals surface area contributed by atoms with E-state index >= 15 is 0 Å². The number of nitrogens with zero attached hydrogens (tertiary/aromatic N) is 2. The van der Waals surface area contributed by atoms with Crippen molar-refractivity contribution < 1.29 is 14.5 Å². The highest BCUT2D eigenvalue weighted by Crippen LogP contribution is 2.24. The maximum absolute atomic E-state index is 11.5. The lowest BCUT2D eigenvalue weighted by Gasteiger charge is -2.19. The lowest BCUT2D eigenvalue weighted by molar-refractivity contribution is -0.385. The molecule has 20 heavy (non-hydrogen) atoms. The van der Waals surface area contributed by atoms with Crippen LogP contribution in [0.1, 0.15) is 19.4 Å². The van der Waals surface area contributed by atoms with Crippen molar-refractivity contribution in [2.24, 2.45) is 0 Å². The fourth-order valence-electron chi connectivity index (χ4n) is 1.75. The zero-order valence-electron chi connectivity index (χ0n) is 11.5. The van der Waals surface area contributed by atoms with Crippen LogP contribution < -0.4 is 0 Å². The minimum Gasteiger partial charge on any atom is -0.465 e. The van der Waals surface area contributed by atoms with Gasteiger partial charge in [-0.3, -0.25) is 19.8 Å². The molecule has 0 amide bonds. The highest BCUT2D eigenvalue weighted by atomic mass is 79.9. The van der Waals surface area contributed by atoms with Gasteiger partial charge in [-0.25, -0.2) is 0 Å². The molecule has 0 saturated carbocycles. The van der Waals surface area contributed by atoms with Crippen LogP contribution in [0.5, 0.6) is 0 Å². The first-order chi connectivity index (χ1) is 9.47.